The minimum absolute atomic E-state index is 0.122. The molecule has 1 aromatic heterocycles. The molecule has 8 nitrogen and oxygen atoms in total. The van der Waals surface area contributed by atoms with Crippen LogP contribution in [0.5, 0.6) is 0 Å². The summed E-state index contributed by atoms with van der Waals surface area (Å²) in [5, 5.41) is 19.9. The van der Waals surface area contributed by atoms with Crippen LogP contribution in [-0.4, -0.2) is 50.1 Å². The largest absolute Gasteiger partial charge is 0.381 e. The third kappa shape index (κ3) is 4.87. The fourth-order valence-electron chi connectivity index (χ4n) is 1.18. The van der Waals surface area contributed by atoms with Gasteiger partial charge in [0.15, 0.2) is 5.16 Å². The predicted octanol–water partition coefficient (Wildman–Crippen LogP) is -1.09. The van der Waals surface area contributed by atoms with Crippen LogP contribution < -0.4 is 11.1 Å². The summed E-state index contributed by atoms with van der Waals surface area (Å²) in [7, 11) is 0. The normalized spacial score (nSPS) is 12.4. The van der Waals surface area contributed by atoms with E-state index in [9.17, 15) is 9.59 Å². The number of nitrogens with two attached hydrogens (primary N) is 1. The average molecular weight is 287 g/mol. The molecule has 0 saturated heterocycles. The van der Waals surface area contributed by atoms with E-state index >= 15 is 0 Å². The summed E-state index contributed by atoms with van der Waals surface area (Å²) in [6, 6.07) is 0.206. The number of nitrogens with zero attached hydrogens (tertiary/aromatic N) is 3. The number of aliphatic hydroxyl groups excluding tert-OH is 1. The van der Waals surface area contributed by atoms with Crippen molar-refractivity contribution in [2.24, 2.45) is 5.73 Å². The molecule has 0 fully saturated rings. The van der Waals surface area contributed by atoms with Gasteiger partial charge in [-0.3, -0.25) is 9.59 Å². The number of nitrogens with one attached hydrogen (secondary N) is 1. The van der Waals surface area contributed by atoms with Crippen LogP contribution in [0.2, 0.25) is 0 Å². The molecule has 0 saturated carbocycles. The highest BCUT2D eigenvalue weighted by Gasteiger charge is 2.14. The van der Waals surface area contributed by atoms with Crippen molar-refractivity contribution in [3.63, 3.8) is 0 Å². The van der Waals surface area contributed by atoms with Crippen molar-refractivity contribution in [1.82, 2.24) is 20.1 Å². The van der Waals surface area contributed by atoms with Crippen molar-refractivity contribution >= 4 is 23.6 Å². The van der Waals surface area contributed by atoms with Gasteiger partial charge >= 0.3 is 0 Å². The number of primary amides is 1. The molecule has 4 N–H and O–H groups in total. The molecule has 1 atom stereocenters. The maximum Gasteiger partial charge on any atom is 0.248 e. The van der Waals surface area contributed by atoms with Gasteiger partial charge in [0.05, 0.1) is 12.3 Å². The molecule has 9 heteroatoms. The summed E-state index contributed by atoms with van der Waals surface area (Å²) >= 11 is 1.23. The van der Waals surface area contributed by atoms with E-state index in [1.54, 1.807) is 6.33 Å². The van der Waals surface area contributed by atoms with Gasteiger partial charge in [-0.1, -0.05) is 11.8 Å². The molecular weight excluding hydrogens is 270 g/mol. The fraction of sp³-hybridized carbons (Fsp3) is 0.600. The Kier molecular flexibility index (Phi) is 5.77. The van der Waals surface area contributed by atoms with Gasteiger partial charge in [-0.2, -0.15) is 0 Å². The van der Waals surface area contributed by atoms with Gasteiger partial charge < -0.3 is 20.7 Å². The number of thioether (sulfide) groups is 1. The Hall–Kier alpha value is -1.61. The van der Waals surface area contributed by atoms with Crippen molar-refractivity contribution in [3.8, 4) is 0 Å². The van der Waals surface area contributed by atoms with Crippen LogP contribution in [0.25, 0.3) is 0 Å². The fourth-order valence-corrected chi connectivity index (χ4v) is 2.06. The summed E-state index contributed by atoms with van der Waals surface area (Å²) in [5.74, 6) is -1.06. The van der Waals surface area contributed by atoms with Crippen molar-refractivity contribution in [1.29, 1.82) is 0 Å². The van der Waals surface area contributed by atoms with Gasteiger partial charge in [-0.05, 0) is 13.8 Å². The number of aliphatic hydroxyl groups is 1. The maximum atomic E-state index is 11.5. The van der Waals surface area contributed by atoms with Crippen LogP contribution in [0, 0.1) is 0 Å². The Morgan fingerprint density at radius 3 is 2.84 bits per heavy atom. The number of carbonyl (C=O) groups is 2. The van der Waals surface area contributed by atoms with Gasteiger partial charge in [-0.15, -0.1) is 10.2 Å². The highest BCUT2D eigenvalue weighted by atomic mass is 32.2. The first kappa shape index (κ1) is 15.4. The first-order chi connectivity index (χ1) is 8.91. The summed E-state index contributed by atoms with van der Waals surface area (Å²) in [6.07, 6.45) is 0.232. The van der Waals surface area contributed by atoms with E-state index in [4.69, 9.17) is 10.8 Å². The van der Waals surface area contributed by atoms with Gasteiger partial charge in [0.25, 0.3) is 0 Å². The SMILES string of the molecule is CC(C)n1cnnc1SCC(=O)NCC(O)C(N)=O. The molecule has 0 bridgehead atoms. The third-order valence-corrected chi connectivity index (χ3v) is 3.21. The number of amides is 2. The minimum Gasteiger partial charge on any atom is -0.381 e. The molecule has 0 aliphatic carbocycles. The lowest BCUT2D eigenvalue weighted by atomic mass is 10.3. The summed E-state index contributed by atoms with van der Waals surface area (Å²) in [4.78, 5) is 22.1. The van der Waals surface area contributed by atoms with Gasteiger partial charge in [0.1, 0.15) is 12.4 Å². The van der Waals surface area contributed by atoms with Crippen molar-refractivity contribution < 1.29 is 14.7 Å². The molecule has 1 rings (SSSR count). The Morgan fingerprint density at radius 2 is 2.26 bits per heavy atom. The van der Waals surface area contributed by atoms with E-state index in [0.717, 1.165) is 0 Å². The Bertz CT molecular complexity index is 448. The Morgan fingerprint density at radius 1 is 1.58 bits per heavy atom. The highest BCUT2D eigenvalue weighted by Crippen LogP contribution is 2.18. The van der Waals surface area contributed by atoms with E-state index in [1.165, 1.54) is 11.8 Å². The second-order valence-electron chi connectivity index (χ2n) is 4.13. The maximum absolute atomic E-state index is 11.5. The van der Waals surface area contributed by atoms with E-state index < -0.39 is 12.0 Å². The first-order valence-corrected chi connectivity index (χ1v) is 6.66. The zero-order chi connectivity index (χ0) is 14.4. The van der Waals surface area contributed by atoms with Crippen LogP contribution in [0.1, 0.15) is 19.9 Å². The number of aromatic nitrogens is 3. The zero-order valence-electron chi connectivity index (χ0n) is 10.7. The van der Waals surface area contributed by atoms with Crippen LogP contribution in [0.15, 0.2) is 11.5 Å². The van der Waals surface area contributed by atoms with E-state index in [-0.39, 0.29) is 24.2 Å². The summed E-state index contributed by atoms with van der Waals surface area (Å²) in [6.45, 7) is 3.78. The Labute approximate surface area is 114 Å². The lowest BCUT2D eigenvalue weighted by Gasteiger charge is -2.10. The molecule has 0 aliphatic rings. The van der Waals surface area contributed by atoms with Crippen molar-refractivity contribution in [3.05, 3.63) is 6.33 Å². The molecule has 2 amide bonds. The van der Waals surface area contributed by atoms with Crippen LogP contribution in [0.4, 0.5) is 0 Å². The van der Waals surface area contributed by atoms with E-state index in [2.05, 4.69) is 15.5 Å². The molecule has 1 aromatic rings. The molecule has 106 valence electrons. The van der Waals surface area contributed by atoms with Crippen molar-refractivity contribution in [2.45, 2.75) is 31.1 Å². The van der Waals surface area contributed by atoms with Gasteiger partial charge in [0.2, 0.25) is 11.8 Å². The average Bonchev–Trinajstić information content (AvgIpc) is 2.81. The molecule has 0 aromatic carbocycles. The number of hydrogen-bond donors (Lipinski definition) is 3. The molecule has 0 aliphatic heterocycles. The quantitative estimate of drug-likeness (QED) is 0.548. The molecule has 19 heavy (non-hydrogen) atoms. The minimum atomic E-state index is -1.37. The zero-order valence-corrected chi connectivity index (χ0v) is 11.6. The van der Waals surface area contributed by atoms with E-state index in [1.807, 2.05) is 18.4 Å². The van der Waals surface area contributed by atoms with Crippen LogP contribution in [0.3, 0.4) is 0 Å². The van der Waals surface area contributed by atoms with Crippen molar-refractivity contribution in [2.75, 3.05) is 12.3 Å². The molecule has 0 spiro atoms. The molecule has 1 heterocycles. The predicted molar refractivity (Wildman–Crippen MR) is 69.3 cm³/mol. The molecule has 1 unspecified atom stereocenters. The number of hydrogen-bond acceptors (Lipinski definition) is 6. The second-order valence-corrected chi connectivity index (χ2v) is 5.07. The molecular formula is C10H17N5O3S. The molecule has 0 radical (unpaired) electrons. The number of carbonyl (C=O) groups excluding carboxylic acids is 2. The monoisotopic (exact) mass is 287 g/mol. The first-order valence-electron chi connectivity index (χ1n) is 5.68. The Balaban J connectivity index is 2.38. The van der Waals surface area contributed by atoms with Gasteiger partial charge in [0, 0.05) is 6.04 Å². The smallest absolute Gasteiger partial charge is 0.248 e. The lowest BCUT2D eigenvalue weighted by Crippen LogP contribution is -2.40. The number of rotatable bonds is 7. The second kappa shape index (κ2) is 7.10. The topological polar surface area (TPSA) is 123 Å². The highest BCUT2D eigenvalue weighted by molar-refractivity contribution is 7.99. The summed E-state index contributed by atoms with van der Waals surface area (Å²) in [5.41, 5.74) is 4.86. The summed E-state index contributed by atoms with van der Waals surface area (Å²) < 4.78 is 1.84. The van der Waals surface area contributed by atoms with Crippen LogP contribution >= 0.6 is 11.8 Å². The third-order valence-electron chi connectivity index (χ3n) is 2.25. The van der Waals surface area contributed by atoms with Gasteiger partial charge in [-0.25, -0.2) is 0 Å². The van der Waals surface area contributed by atoms with Crippen LogP contribution in [-0.2, 0) is 9.59 Å². The van der Waals surface area contributed by atoms with E-state index in [0.29, 0.717) is 5.16 Å². The lowest BCUT2D eigenvalue weighted by molar-refractivity contribution is -0.126. The standard InChI is InChI=1S/C10H17N5O3S/c1-6(2)15-5-13-14-10(15)19-4-8(17)12-3-7(16)9(11)18/h5-7,16H,3-4H2,1-2H3,(H2,11,18)(H,12,17).